The summed E-state index contributed by atoms with van der Waals surface area (Å²) in [5, 5.41) is 2.52. The molecule has 0 spiro atoms. The van der Waals surface area contributed by atoms with Crippen LogP contribution in [0.15, 0.2) is 97.6 Å². The highest BCUT2D eigenvalue weighted by Gasteiger charge is 2.39. The van der Waals surface area contributed by atoms with E-state index in [0.29, 0.717) is 0 Å². The molecular formula is C28H20N4. The van der Waals surface area contributed by atoms with Gasteiger partial charge in [0.15, 0.2) is 0 Å². The molecule has 4 heterocycles. The lowest BCUT2D eigenvalue weighted by atomic mass is 9.73. The van der Waals surface area contributed by atoms with E-state index < -0.39 is 0 Å². The Bertz CT molecular complexity index is 1460. The maximum absolute atomic E-state index is 4.47. The standard InChI is InChI=1S/C28H20N4/c1-3-11-21-19(9-1)25-23(17-7-5-13-29-15-17)28-26(20-10-2-4-12-22(20)32-28)24(27(25)31-21)18-8-6-14-30-16-18/h1-16,23-24,31-32H. The Kier molecular flexibility index (Phi) is 3.64. The van der Waals surface area contributed by atoms with Gasteiger partial charge in [0, 0.05) is 58.0 Å². The largest absolute Gasteiger partial charge is 0.357 e. The molecule has 1 aliphatic rings. The third-order valence-corrected chi connectivity index (χ3v) is 6.74. The van der Waals surface area contributed by atoms with E-state index >= 15 is 0 Å². The number of hydrogen-bond acceptors (Lipinski definition) is 2. The van der Waals surface area contributed by atoms with Crippen LogP contribution in [0.25, 0.3) is 21.8 Å². The van der Waals surface area contributed by atoms with Gasteiger partial charge in [0.25, 0.3) is 0 Å². The summed E-state index contributed by atoms with van der Waals surface area (Å²) < 4.78 is 0. The van der Waals surface area contributed by atoms with Gasteiger partial charge in [0.2, 0.25) is 0 Å². The summed E-state index contributed by atoms with van der Waals surface area (Å²) in [6, 6.07) is 25.6. The Labute approximate surface area is 185 Å². The molecule has 4 aromatic heterocycles. The third-order valence-electron chi connectivity index (χ3n) is 6.74. The summed E-state index contributed by atoms with van der Waals surface area (Å²) in [6.45, 7) is 0. The Morgan fingerprint density at radius 2 is 1.00 bits per heavy atom. The monoisotopic (exact) mass is 412 g/mol. The number of para-hydroxylation sites is 2. The maximum Gasteiger partial charge on any atom is 0.0533 e. The lowest BCUT2D eigenvalue weighted by Gasteiger charge is -2.30. The zero-order valence-electron chi connectivity index (χ0n) is 17.3. The summed E-state index contributed by atoms with van der Waals surface area (Å²) in [7, 11) is 0. The van der Waals surface area contributed by atoms with E-state index in [9.17, 15) is 0 Å². The van der Waals surface area contributed by atoms with E-state index in [4.69, 9.17) is 0 Å². The first-order valence-electron chi connectivity index (χ1n) is 10.9. The van der Waals surface area contributed by atoms with E-state index in [1.165, 1.54) is 44.4 Å². The molecule has 0 radical (unpaired) electrons. The molecule has 2 aromatic carbocycles. The molecule has 2 N–H and O–H groups in total. The third kappa shape index (κ3) is 2.38. The van der Waals surface area contributed by atoms with Gasteiger partial charge in [-0.15, -0.1) is 0 Å². The minimum absolute atomic E-state index is 0.0742. The minimum atomic E-state index is 0.0742. The van der Waals surface area contributed by atoms with Gasteiger partial charge in [-0.2, -0.15) is 0 Å². The van der Waals surface area contributed by atoms with Gasteiger partial charge in [-0.05, 0) is 46.5 Å². The lowest BCUT2D eigenvalue weighted by Crippen LogP contribution is -2.19. The number of rotatable bonds is 2. The molecule has 4 nitrogen and oxygen atoms in total. The predicted molar refractivity (Wildman–Crippen MR) is 127 cm³/mol. The lowest BCUT2D eigenvalue weighted by molar-refractivity contribution is 0.796. The van der Waals surface area contributed by atoms with Crippen molar-refractivity contribution in [3.8, 4) is 0 Å². The first-order chi connectivity index (χ1) is 15.9. The Hall–Kier alpha value is -4.18. The number of aromatic amines is 2. The van der Waals surface area contributed by atoms with Crippen molar-refractivity contribution in [2.24, 2.45) is 0 Å². The highest BCUT2D eigenvalue weighted by atomic mass is 14.8. The van der Waals surface area contributed by atoms with Gasteiger partial charge in [0.1, 0.15) is 0 Å². The summed E-state index contributed by atoms with van der Waals surface area (Å²) in [4.78, 5) is 16.5. The Morgan fingerprint density at radius 1 is 0.531 bits per heavy atom. The van der Waals surface area contributed by atoms with Crippen LogP contribution in [-0.2, 0) is 0 Å². The molecule has 152 valence electrons. The molecule has 0 amide bonds. The van der Waals surface area contributed by atoms with Crippen molar-refractivity contribution in [3.63, 3.8) is 0 Å². The van der Waals surface area contributed by atoms with Crippen LogP contribution in [0, 0.1) is 0 Å². The van der Waals surface area contributed by atoms with E-state index in [1.807, 2.05) is 36.9 Å². The predicted octanol–water partition coefficient (Wildman–Crippen LogP) is 6.11. The van der Waals surface area contributed by atoms with Crippen molar-refractivity contribution in [3.05, 3.63) is 131 Å². The van der Waals surface area contributed by atoms with Gasteiger partial charge in [-0.1, -0.05) is 48.5 Å². The summed E-state index contributed by atoms with van der Waals surface area (Å²) in [5.41, 5.74) is 9.83. The molecule has 2 unspecified atom stereocenters. The molecule has 1 aliphatic carbocycles. The quantitative estimate of drug-likeness (QED) is 0.360. The molecule has 0 aliphatic heterocycles. The van der Waals surface area contributed by atoms with E-state index in [2.05, 4.69) is 80.6 Å². The maximum atomic E-state index is 4.47. The first kappa shape index (κ1) is 17.5. The van der Waals surface area contributed by atoms with Crippen molar-refractivity contribution in [1.82, 2.24) is 19.9 Å². The number of nitrogens with zero attached hydrogens (tertiary/aromatic N) is 2. The van der Waals surface area contributed by atoms with Crippen LogP contribution in [0.3, 0.4) is 0 Å². The molecule has 4 heteroatoms. The molecule has 0 saturated carbocycles. The smallest absolute Gasteiger partial charge is 0.0533 e. The summed E-state index contributed by atoms with van der Waals surface area (Å²) in [6.07, 6.45) is 7.67. The van der Waals surface area contributed by atoms with Crippen molar-refractivity contribution in [1.29, 1.82) is 0 Å². The fourth-order valence-corrected chi connectivity index (χ4v) is 5.50. The molecule has 7 rings (SSSR count). The van der Waals surface area contributed by atoms with E-state index in [1.54, 1.807) is 0 Å². The van der Waals surface area contributed by atoms with Crippen LogP contribution < -0.4 is 0 Å². The number of benzene rings is 2. The molecule has 0 bridgehead atoms. The molecule has 0 fully saturated rings. The highest BCUT2D eigenvalue weighted by molar-refractivity contribution is 5.93. The van der Waals surface area contributed by atoms with Crippen LogP contribution in [0.4, 0.5) is 0 Å². The van der Waals surface area contributed by atoms with Crippen LogP contribution in [0.2, 0.25) is 0 Å². The van der Waals surface area contributed by atoms with Crippen molar-refractivity contribution in [2.75, 3.05) is 0 Å². The van der Waals surface area contributed by atoms with Crippen molar-refractivity contribution < 1.29 is 0 Å². The fourth-order valence-electron chi connectivity index (χ4n) is 5.50. The van der Waals surface area contributed by atoms with Gasteiger partial charge in [-0.25, -0.2) is 0 Å². The average molecular weight is 412 g/mol. The molecular weight excluding hydrogens is 392 g/mol. The van der Waals surface area contributed by atoms with Crippen LogP contribution in [-0.4, -0.2) is 19.9 Å². The second-order valence-electron chi connectivity index (χ2n) is 8.43. The second-order valence-corrected chi connectivity index (χ2v) is 8.43. The van der Waals surface area contributed by atoms with Crippen LogP contribution in [0.5, 0.6) is 0 Å². The number of nitrogens with one attached hydrogen (secondary N) is 2. The van der Waals surface area contributed by atoms with E-state index in [-0.39, 0.29) is 11.8 Å². The minimum Gasteiger partial charge on any atom is -0.357 e. The molecule has 32 heavy (non-hydrogen) atoms. The molecule has 0 saturated heterocycles. The SMILES string of the molecule is c1cncc(C2c3[nH]c4ccccc4c3C(c3cccnc3)c3[nH]c4ccccc4c32)c1. The number of hydrogen-bond donors (Lipinski definition) is 2. The van der Waals surface area contributed by atoms with Gasteiger partial charge < -0.3 is 9.97 Å². The number of fused-ring (bicyclic) bond motifs is 6. The zero-order chi connectivity index (χ0) is 21.1. The van der Waals surface area contributed by atoms with Gasteiger partial charge >= 0.3 is 0 Å². The first-order valence-corrected chi connectivity index (χ1v) is 10.9. The number of pyridine rings is 2. The number of H-pyrrole nitrogens is 2. The zero-order valence-corrected chi connectivity index (χ0v) is 17.3. The summed E-state index contributed by atoms with van der Waals surface area (Å²) in [5.74, 6) is 0.148. The van der Waals surface area contributed by atoms with Crippen LogP contribution >= 0.6 is 0 Å². The van der Waals surface area contributed by atoms with Crippen molar-refractivity contribution in [2.45, 2.75) is 11.8 Å². The highest BCUT2D eigenvalue weighted by Crippen LogP contribution is 2.52. The molecule has 6 aromatic rings. The van der Waals surface area contributed by atoms with Crippen LogP contribution in [0.1, 0.15) is 45.5 Å². The fraction of sp³-hybridized carbons (Fsp3) is 0.0714. The number of aromatic nitrogens is 4. The van der Waals surface area contributed by atoms with Crippen molar-refractivity contribution >= 4 is 21.8 Å². The van der Waals surface area contributed by atoms with Gasteiger partial charge in [0.05, 0.1) is 11.8 Å². The molecule has 2 atom stereocenters. The summed E-state index contributed by atoms with van der Waals surface area (Å²) >= 11 is 0. The average Bonchev–Trinajstić information content (AvgIpc) is 3.42. The normalized spacial score (nSPS) is 17.4. The Morgan fingerprint density at radius 3 is 1.44 bits per heavy atom. The second kappa shape index (κ2) is 6.66. The van der Waals surface area contributed by atoms with E-state index in [0.717, 1.165) is 11.0 Å². The van der Waals surface area contributed by atoms with Gasteiger partial charge in [-0.3, -0.25) is 9.97 Å². The Balaban J connectivity index is 1.65. The topological polar surface area (TPSA) is 57.4 Å².